The zero-order chi connectivity index (χ0) is 7.38. The maximum atomic E-state index is 8.68. The molecule has 0 fully saturated rings. The van der Waals surface area contributed by atoms with Gasteiger partial charge in [0, 0.05) is 0 Å². The van der Waals surface area contributed by atoms with Crippen LogP contribution in [0.3, 0.4) is 0 Å². The van der Waals surface area contributed by atoms with Gasteiger partial charge in [-0.2, -0.15) is 0 Å². The molecule has 0 unspecified atom stereocenters. The zero-order valence-corrected chi connectivity index (χ0v) is 5.33. The van der Waals surface area contributed by atoms with Crippen LogP contribution in [0, 0.1) is 25.4 Å². The van der Waals surface area contributed by atoms with Gasteiger partial charge in [-0.1, -0.05) is 0 Å². The summed E-state index contributed by atoms with van der Waals surface area (Å²) in [6.45, 7) is 0. The van der Waals surface area contributed by atoms with Gasteiger partial charge < -0.3 is 0 Å². The molecule has 0 amide bonds. The van der Waals surface area contributed by atoms with Crippen molar-refractivity contribution >= 4 is 0 Å². The number of hydrogen-bond donors (Lipinski definition) is 0. The van der Waals surface area contributed by atoms with Crippen molar-refractivity contribution in [1.82, 2.24) is 0 Å². The molecule has 0 radical (unpaired) electrons. The van der Waals surface area contributed by atoms with Gasteiger partial charge in [-0.3, -0.25) is 0 Å². The van der Waals surface area contributed by atoms with Crippen molar-refractivity contribution in [2.24, 2.45) is 0 Å². The first-order chi connectivity index (χ1) is 2.65. The zero-order valence-electron chi connectivity index (χ0n) is 3.19. The molecule has 0 rings (SSSR count). The monoisotopic (exact) mass is 271 g/mol. The van der Waals surface area contributed by atoms with Gasteiger partial charge in [-0.15, -0.1) is 0 Å². The third kappa shape index (κ3) is 10800. The number of hydrogen-bond acceptors (Lipinski definition) is 7. The quantitative estimate of drug-likeness (QED) is 0.563. The Morgan fingerprint density at radius 3 is 0.500 bits per heavy atom. The van der Waals surface area contributed by atoms with Crippen LogP contribution in [0.15, 0.2) is 0 Å². The molecular formula is O7Tb. The Hall–Kier alpha value is -0.114. The van der Waals surface area contributed by atoms with Gasteiger partial charge in [0.05, 0.1) is 0 Å². The summed E-state index contributed by atoms with van der Waals surface area (Å²) in [5.74, 6) is 0. The van der Waals surface area contributed by atoms with Crippen LogP contribution in [-0.2, 0) is 9.28 Å². The Kier molecular flexibility index (Phi) is 0.539. The molecule has 0 N–H and O–H groups in total. The maximum absolute atomic E-state index is 11.5. The van der Waals surface area contributed by atoms with Crippen molar-refractivity contribution in [1.29, 1.82) is 0 Å². The van der Waals surface area contributed by atoms with Gasteiger partial charge in [0.2, 0.25) is 0 Å². The van der Waals surface area contributed by atoms with E-state index in [4.69, 9.17) is 9.28 Å². The molecule has 0 atom stereocenters. The van der Waals surface area contributed by atoms with Crippen LogP contribution >= 0.6 is 0 Å². The minimum absolute atomic E-state index is 8.68. The van der Waals surface area contributed by atoms with E-state index in [9.17, 15) is 0 Å². The van der Waals surface area contributed by atoms with E-state index in [1.807, 2.05) is 0 Å². The second-order valence-electron chi connectivity index (χ2n) is 1.17. The predicted molar refractivity (Wildman–Crippen MR) is 4.81 cm³/mol. The molecular weight excluding hydrogens is 271 g/mol. The summed E-state index contributed by atoms with van der Waals surface area (Å²) in [5, 5.41) is 0. The Morgan fingerprint density at radius 1 is 0.500 bits per heavy atom. The molecule has 0 heterocycles. The molecule has 0 aromatic rings. The van der Waals surface area contributed by atoms with E-state index in [0.29, 0.717) is 0 Å². The van der Waals surface area contributed by atoms with Crippen LogP contribution in [0.1, 0.15) is 0 Å². The Balaban J connectivity index is 10.3. The van der Waals surface area contributed by atoms with E-state index in [2.05, 4.69) is 0 Å². The van der Waals surface area contributed by atoms with Crippen LogP contribution in [0.25, 0.3) is 0 Å². The Morgan fingerprint density at radius 2 is 0.500 bits per heavy atom. The molecule has 0 bridgehead atoms. The molecule has 0 aromatic heterocycles. The van der Waals surface area contributed by atoms with Crippen LogP contribution in [0.4, 0.5) is 0 Å². The fourth-order valence-corrected chi connectivity index (χ4v) is 0. The second-order valence-corrected chi connectivity index (χ2v) is 8.65. The molecule has 0 aromatic carbocycles. The van der Waals surface area contributed by atoms with Gasteiger partial charge >= 0.3 is 34.7 Å². The van der Waals surface area contributed by atoms with E-state index >= 15 is 0 Å². The van der Waals surface area contributed by atoms with Crippen molar-refractivity contribution in [3.05, 3.63) is 0 Å². The standard InChI is InChI=1S/7O.Tb. The summed E-state index contributed by atoms with van der Waals surface area (Å²) >= 11 is -11.5. The van der Waals surface area contributed by atoms with E-state index in [0.717, 1.165) is 0 Å². The van der Waals surface area contributed by atoms with Gasteiger partial charge in [0.25, 0.3) is 0 Å². The normalized spacial score (nSPS) is 26.2. The molecule has 0 spiro atoms. The van der Waals surface area contributed by atoms with E-state index in [1.165, 1.54) is 0 Å². The molecule has 0 aliphatic heterocycles. The van der Waals surface area contributed by atoms with Gasteiger partial charge in [-0.05, 0) is 0 Å². The Labute approximate surface area is 34.5 Å². The fraction of sp³-hybridized carbons (Fsp3) is 0. The molecule has 8 heteroatoms. The predicted octanol–water partition coefficient (Wildman–Crippen LogP) is -0.832. The molecule has 8 heavy (non-hydrogen) atoms. The SMILES string of the molecule is [O]=[Tb](=[O])(=[O])(=[O])(=[O])(=[O])=[O]. The third-order valence-corrected chi connectivity index (χ3v) is 0. The van der Waals surface area contributed by atoms with Crippen LogP contribution in [-0.4, -0.2) is 0 Å². The summed E-state index contributed by atoms with van der Waals surface area (Å²) < 4.78 is 60.8. The molecule has 7 nitrogen and oxygen atoms in total. The first kappa shape index (κ1) is 7.89. The first-order valence-electron chi connectivity index (χ1n) is 0.953. The second kappa shape index (κ2) is 0.547. The van der Waals surface area contributed by atoms with Crippen LogP contribution in [0.5, 0.6) is 0 Å². The summed E-state index contributed by atoms with van der Waals surface area (Å²) in [7, 11) is 0. The number of rotatable bonds is 0. The molecule has 51 valence electrons. The summed E-state index contributed by atoms with van der Waals surface area (Å²) in [5.41, 5.74) is 0. The average Bonchev–Trinajstić information content (AvgIpc) is 0.544. The first-order valence-corrected chi connectivity index (χ1v) is 7.06. The average molecular weight is 271 g/mol. The molecule has 0 saturated heterocycles. The summed E-state index contributed by atoms with van der Waals surface area (Å²) in [6.07, 6.45) is 0. The third-order valence-electron chi connectivity index (χ3n) is 0. The van der Waals surface area contributed by atoms with E-state index < -0.39 is 25.4 Å². The van der Waals surface area contributed by atoms with Crippen LogP contribution < -0.4 is 0 Å². The van der Waals surface area contributed by atoms with Gasteiger partial charge in [0.1, 0.15) is 0 Å². The van der Waals surface area contributed by atoms with E-state index in [1.54, 1.807) is 0 Å². The van der Waals surface area contributed by atoms with Crippen LogP contribution in [0.2, 0.25) is 0 Å². The van der Waals surface area contributed by atoms with Crippen molar-refractivity contribution in [2.45, 2.75) is 0 Å². The van der Waals surface area contributed by atoms with Gasteiger partial charge in [0.15, 0.2) is 0 Å². The van der Waals surface area contributed by atoms with Crippen molar-refractivity contribution in [3.8, 4) is 0 Å². The van der Waals surface area contributed by atoms with Crippen molar-refractivity contribution < 1.29 is 34.7 Å². The van der Waals surface area contributed by atoms with Crippen molar-refractivity contribution in [2.75, 3.05) is 0 Å². The molecule has 0 saturated carbocycles. The summed E-state index contributed by atoms with van der Waals surface area (Å²) in [4.78, 5) is 0. The minimum atomic E-state index is -11.5. The van der Waals surface area contributed by atoms with Crippen molar-refractivity contribution in [3.63, 3.8) is 0 Å². The summed E-state index contributed by atoms with van der Waals surface area (Å²) in [6, 6.07) is 0. The topological polar surface area (TPSA) is 119 Å². The van der Waals surface area contributed by atoms with E-state index in [-0.39, 0.29) is 0 Å². The molecule has 0 aliphatic rings. The Bertz CT molecular complexity index is 632. The fourth-order valence-electron chi connectivity index (χ4n) is 0. The molecule has 0 aliphatic carbocycles. The van der Waals surface area contributed by atoms with Gasteiger partial charge in [-0.25, -0.2) is 0 Å².